The summed E-state index contributed by atoms with van der Waals surface area (Å²) >= 11 is 0. The van der Waals surface area contributed by atoms with E-state index in [0.717, 1.165) is 17.1 Å². The maximum atomic E-state index is 2.43. The molecule has 0 aliphatic carbocycles. The van der Waals surface area contributed by atoms with Crippen LogP contribution in [0.25, 0.3) is 98.4 Å². The van der Waals surface area contributed by atoms with Gasteiger partial charge >= 0.3 is 0 Å². The Bertz CT molecular complexity index is 3650. The Morgan fingerprint density at radius 1 is 0.222 bits per heavy atom. The minimum absolute atomic E-state index is 1.12. The van der Waals surface area contributed by atoms with Crippen molar-refractivity contribution < 1.29 is 0 Å². The Kier molecular flexibility index (Phi) is 8.90. The Labute approximate surface area is 367 Å². The number of rotatable bonds is 7. The van der Waals surface area contributed by atoms with Crippen molar-refractivity contribution in [1.29, 1.82) is 0 Å². The van der Waals surface area contributed by atoms with Crippen LogP contribution in [-0.2, 0) is 0 Å². The average molecular weight is 800 g/mol. The van der Waals surface area contributed by atoms with E-state index in [9.17, 15) is 0 Å². The van der Waals surface area contributed by atoms with Crippen molar-refractivity contribution in [2.75, 3.05) is 4.90 Å². The summed E-state index contributed by atoms with van der Waals surface area (Å²) in [7, 11) is 0. The second kappa shape index (κ2) is 15.3. The highest BCUT2D eigenvalue weighted by Crippen LogP contribution is 2.49. The lowest BCUT2D eigenvalue weighted by Gasteiger charge is -2.26. The Morgan fingerprint density at radius 2 is 0.698 bits per heavy atom. The number of fused-ring (bicyclic) bond motifs is 8. The molecule has 0 N–H and O–H groups in total. The molecule has 1 nitrogen and oxygen atoms in total. The lowest BCUT2D eigenvalue weighted by Crippen LogP contribution is -2.09. The molecule has 0 atom stereocenters. The van der Waals surface area contributed by atoms with Crippen LogP contribution in [0.15, 0.2) is 249 Å². The van der Waals surface area contributed by atoms with Crippen molar-refractivity contribution in [3.63, 3.8) is 0 Å². The fourth-order valence-corrected chi connectivity index (χ4v) is 9.82. The van der Waals surface area contributed by atoms with Crippen molar-refractivity contribution in [3.8, 4) is 44.5 Å². The first kappa shape index (κ1) is 36.6. The van der Waals surface area contributed by atoms with Crippen LogP contribution in [-0.4, -0.2) is 0 Å². The molecule has 0 aliphatic heterocycles. The number of benzene rings is 12. The molecule has 0 fully saturated rings. The highest BCUT2D eigenvalue weighted by molar-refractivity contribution is 6.33. The molecule has 0 spiro atoms. The maximum absolute atomic E-state index is 2.43. The largest absolute Gasteiger partial charge is 0.310 e. The van der Waals surface area contributed by atoms with Crippen molar-refractivity contribution in [2.24, 2.45) is 0 Å². The van der Waals surface area contributed by atoms with Crippen LogP contribution < -0.4 is 4.90 Å². The van der Waals surface area contributed by atoms with Gasteiger partial charge in [0.1, 0.15) is 0 Å². The third kappa shape index (κ3) is 6.42. The van der Waals surface area contributed by atoms with Gasteiger partial charge in [0.2, 0.25) is 0 Å². The number of hydrogen-bond acceptors (Lipinski definition) is 1. The molecule has 0 saturated heterocycles. The van der Waals surface area contributed by atoms with E-state index in [1.165, 1.54) is 98.4 Å². The van der Waals surface area contributed by atoms with Gasteiger partial charge in [-0.15, -0.1) is 0 Å². The summed E-state index contributed by atoms with van der Waals surface area (Å²) in [6.07, 6.45) is 0. The summed E-state index contributed by atoms with van der Waals surface area (Å²) in [5.41, 5.74) is 13.1. The molecule has 0 bridgehead atoms. The maximum Gasteiger partial charge on any atom is 0.0468 e. The number of hydrogen-bond donors (Lipinski definition) is 0. The molecule has 0 aromatic heterocycles. The molecule has 12 aromatic rings. The van der Waals surface area contributed by atoms with E-state index in [1.54, 1.807) is 0 Å². The first-order chi connectivity index (χ1) is 31.2. The molecule has 0 heterocycles. The lowest BCUT2D eigenvalue weighted by atomic mass is 9.81. The summed E-state index contributed by atoms with van der Waals surface area (Å²) in [5.74, 6) is 0. The second-order valence-electron chi connectivity index (χ2n) is 16.4. The van der Waals surface area contributed by atoms with E-state index in [2.05, 4.69) is 254 Å². The fourth-order valence-electron chi connectivity index (χ4n) is 9.82. The van der Waals surface area contributed by atoms with Crippen LogP contribution in [0.3, 0.4) is 0 Å². The predicted octanol–water partition coefficient (Wildman–Crippen LogP) is 17.6. The molecule has 0 aliphatic rings. The van der Waals surface area contributed by atoms with E-state index in [-0.39, 0.29) is 0 Å². The summed E-state index contributed by atoms with van der Waals surface area (Å²) in [4.78, 5) is 2.36. The van der Waals surface area contributed by atoms with E-state index in [1.807, 2.05) is 0 Å². The standard InChI is InChI=1S/C62H41N/c1-5-18-43(19-6-1)57-41-58(44-20-7-2-8-21-44)61-55-28-16-15-27-54(55)59-40-50(33-36-56(59)62(61)60(57)45-22-9-3-10-23-45)47-29-30-49-39-53(35-32-48(49)37-47)63(51-25-11-4-12-26-51)52-34-31-42-17-13-14-24-46(42)38-52/h1-41H. The minimum atomic E-state index is 1.12. The van der Waals surface area contributed by atoms with Crippen LogP contribution in [0.1, 0.15) is 0 Å². The predicted molar refractivity (Wildman–Crippen MR) is 270 cm³/mol. The zero-order valence-electron chi connectivity index (χ0n) is 34.6. The molecule has 0 radical (unpaired) electrons. The van der Waals surface area contributed by atoms with Gasteiger partial charge < -0.3 is 4.90 Å². The van der Waals surface area contributed by atoms with Crippen LogP contribution in [0.4, 0.5) is 17.1 Å². The van der Waals surface area contributed by atoms with E-state index in [0.29, 0.717) is 0 Å². The smallest absolute Gasteiger partial charge is 0.0468 e. The second-order valence-corrected chi connectivity index (χ2v) is 16.4. The van der Waals surface area contributed by atoms with Crippen LogP contribution >= 0.6 is 0 Å². The zero-order valence-corrected chi connectivity index (χ0v) is 34.6. The summed E-state index contributed by atoms with van der Waals surface area (Å²) in [5, 5.41) is 12.4. The minimum Gasteiger partial charge on any atom is -0.310 e. The summed E-state index contributed by atoms with van der Waals surface area (Å²) in [6.45, 7) is 0. The molecular formula is C62H41N. The summed E-state index contributed by atoms with van der Waals surface area (Å²) in [6, 6.07) is 91.1. The van der Waals surface area contributed by atoms with Gasteiger partial charge in [-0.25, -0.2) is 0 Å². The number of para-hydroxylation sites is 1. The summed E-state index contributed by atoms with van der Waals surface area (Å²) < 4.78 is 0. The third-order valence-corrected chi connectivity index (χ3v) is 12.8. The number of nitrogens with zero attached hydrogens (tertiary/aromatic N) is 1. The van der Waals surface area contributed by atoms with Crippen molar-refractivity contribution >= 4 is 70.9 Å². The van der Waals surface area contributed by atoms with Gasteiger partial charge in [-0.2, -0.15) is 0 Å². The topological polar surface area (TPSA) is 3.24 Å². The zero-order chi connectivity index (χ0) is 41.7. The molecule has 12 aromatic carbocycles. The fraction of sp³-hybridized carbons (Fsp3) is 0. The highest BCUT2D eigenvalue weighted by atomic mass is 15.1. The Morgan fingerprint density at radius 3 is 1.40 bits per heavy atom. The Balaban J connectivity index is 1.05. The van der Waals surface area contributed by atoms with Gasteiger partial charge in [0.05, 0.1) is 0 Å². The molecule has 0 amide bonds. The molecule has 12 rings (SSSR count). The van der Waals surface area contributed by atoms with Crippen molar-refractivity contribution in [3.05, 3.63) is 249 Å². The Hall–Kier alpha value is -8.26. The normalized spacial score (nSPS) is 11.5. The molecular weight excluding hydrogens is 759 g/mol. The van der Waals surface area contributed by atoms with Crippen molar-refractivity contribution in [1.82, 2.24) is 0 Å². The van der Waals surface area contributed by atoms with Crippen LogP contribution in [0.5, 0.6) is 0 Å². The highest BCUT2D eigenvalue weighted by Gasteiger charge is 2.22. The molecule has 0 unspecified atom stereocenters. The first-order valence-corrected chi connectivity index (χ1v) is 21.7. The van der Waals surface area contributed by atoms with E-state index in [4.69, 9.17) is 0 Å². The lowest BCUT2D eigenvalue weighted by molar-refractivity contribution is 1.29. The van der Waals surface area contributed by atoms with Crippen molar-refractivity contribution in [2.45, 2.75) is 0 Å². The van der Waals surface area contributed by atoms with Gasteiger partial charge in [-0.05, 0) is 153 Å². The average Bonchev–Trinajstić information content (AvgIpc) is 3.36. The quantitative estimate of drug-likeness (QED) is 0.145. The van der Waals surface area contributed by atoms with Crippen LogP contribution in [0.2, 0.25) is 0 Å². The molecule has 0 saturated carbocycles. The van der Waals surface area contributed by atoms with Gasteiger partial charge in [-0.3, -0.25) is 0 Å². The molecule has 63 heavy (non-hydrogen) atoms. The van der Waals surface area contributed by atoms with Gasteiger partial charge in [0.15, 0.2) is 0 Å². The molecule has 1 heteroatoms. The van der Waals surface area contributed by atoms with Gasteiger partial charge in [-0.1, -0.05) is 194 Å². The SMILES string of the molecule is c1ccc(-c2cc(-c3ccccc3)c3c4ccccc4c4cc(-c5ccc6cc(N(c7ccccc7)c7ccc8ccccc8c7)ccc6c5)ccc4c3c2-c2ccccc2)cc1. The molecule has 294 valence electrons. The van der Waals surface area contributed by atoms with Gasteiger partial charge in [0, 0.05) is 17.1 Å². The van der Waals surface area contributed by atoms with E-state index >= 15 is 0 Å². The first-order valence-electron chi connectivity index (χ1n) is 21.7. The number of anilines is 3. The third-order valence-electron chi connectivity index (χ3n) is 12.8. The van der Waals surface area contributed by atoms with Gasteiger partial charge in [0.25, 0.3) is 0 Å². The van der Waals surface area contributed by atoms with Crippen LogP contribution in [0, 0.1) is 0 Å². The monoisotopic (exact) mass is 799 g/mol. The van der Waals surface area contributed by atoms with E-state index < -0.39 is 0 Å².